The van der Waals surface area contributed by atoms with Crippen molar-refractivity contribution >= 4 is 11.9 Å². The number of hydrogen-bond donors (Lipinski definition) is 0. The van der Waals surface area contributed by atoms with Gasteiger partial charge in [0.05, 0.1) is 0 Å². The van der Waals surface area contributed by atoms with Crippen LogP contribution in [-0.4, -0.2) is 11.9 Å². The molecule has 0 aromatic heterocycles. The summed E-state index contributed by atoms with van der Waals surface area (Å²) in [6.45, 7) is 0. The Labute approximate surface area is 207 Å². The highest BCUT2D eigenvalue weighted by Gasteiger charge is 2.20. The van der Waals surface area contributed by atoms with Gasteiger partial charge in [0.1, 0.15) is 11.5 Å². The van der Waals surface area contributed by atoms with E-state index in [1.54, 1.807) is 24.3 Å². The molecule has 0 radical (unpaired) electrons. The van der Waals surface area contributed by atoms with Crippen LogP contribution in [0.2, 0.25) is 0 Å². The molecule has 2 aliphatic rings. The second-order valence-electron chi connectivity index (χ2n) is 10.6. The van der Waals surface area contributed by atoms with Crippen LogP contribution in [0.25, 0.3) is 0 Å². The Morgan fingerprint density at radius 1 is 0.529 bits per heavy atom. The zero-order valence-corrected chi connectivity index (χ0v) is 21.2. The van der Waals surface area contributed by atoms with E-state index in [0.29, 0.717) is 24.3 Å². The fourth-order valence-corrected chi connectivity index (χ4v) is 4.57. The molecular formula is C30H46O4. The van der Waals surface area contributed by atoms with Gasteiger partial charge >= 0.3 is 11.9 Å². The highest BCUT2D eigenvalue weighted by molar-refractivity contribution is 5.73. The first-order valence-electron chi connectivity index (χ1n) is 14.2. The van der Waals surface area contributed by atoms with Gasteiger partial charge in [-0.15, -0.1) is 0 Å². The molecule has 0 heterocycles. The number of benzene rings is 1. The summed E-state index contributed by atoms with van der Waals surface area (Å²) in [5.74, 6) is 2.72. The maximum Gasteiger partial charge on any atom is 0.311 e. The Kier molecular flexibility index (Phi) is 12.6. The quantitative estimate of drug-likeness (QED) is 0.109. The number of esters is 2. The predicted molar refractivity (Wildman–Crippen MR) is 137 cm³/mol. The summed E-state index contributed by atoms with van der Waals surface area (Å²) < 4.78 is 10.8. The molecule has 4 heteroatoms. The number of hydrogen-bond acceptors (Lipinski definition) is 4. The molecule has 2 fully saturated rings. The first kappa shape index (κ1) is 26.8. The van der Waals surface area contributed by atoms with E-state index in [-0.39, 0.29) is 11.9 Å². The topological polar surface area (TPSA) is 52.6 Å². The maximum absolute atomic E-state index is 12.0. The molecule has 0 N–H and O–H groups in total. The SMILES string of the molecule is O=C(CCCCCCCCC1CC1)Oc1ccc(OC(=O)CCCCCCCCC2CC2)cc1. The Morgan fingerprint density at radius 2 is 0.853 bits per heavy atom. The largest absolute Gasteiger partial charge is 0.427 e. The number of unbranched alkanes of at least 4 members (excludes halogenated alkanes) is 10. The zero-order chi connectivity index (χ0) is 23.8. The molecular weight excluding hydrogens is 424 g/mol. The van der Waals surface area contributed by atoms with E-state index in [1.807, 2.05) is 0 Å². The van der Waals surface area contributed by atoms with Crippen molar-refractivity contribution in [2.24, 2.45) is 11.8 Å². The average Bonchev–Trinajstić information content (AvgIpc) is 3.74. The third-order valence-corrected chi connectivity index (χ3v) is 7.17. The first-order valence-corrected chi connectivity index (χ1v) is 14.2. The van der Waals surface area contributed by atoms with Crippen LogP contribution in [0.3, 0.4) is 0 Å². The fraction of sp³-hybridized carbons (Fsp3) is 0.733. The molecule has 2 saturated carbocycles. The molecule has 0 aliphatic heterocycles. The predicted octanol–water partition coefficient (Wildman–Crippen LogP) is 8.56. The summed E-state index contributed by atoms with van der Waals surface area (Å²) in [5, 5.41) is 0. The Bertz CT molecular complexity index is 642. The Balaban J connectivity index is 1.14. The van der Waals surface area contributed by atoms with Crippen molar-refractivity contribution < 1.29 is 19.1 Å². The van der Waals surface area contributed by atoms with Gasteiger partial charge in [-0.05, 0) is 48.9 Å². The van der Waals surface area contributed by atoms with Crippen molar-refractivity contribution in [1.82, 2.24) is 0 Å². The zero-order valence-electron chi connectivity index (χ0n) is 21.2. The maximum atomic E-state index is 12.0. The van der Waals surface area contributed by atoms with Crippen molar-refractivity contribution in [3.8, 4) is 11.5 Å². The van der Waals surface area contributed by atoms with Crippen LogP contribution in [0.5, 0.6) is 11.5 Å². The molecule has 3 rings (SSSR count). The average molecular weight is 471 g/mol. The minimum Gasteiger partial charge on any atom is -0.427 e. The van der Waals surface area contributed by atoms with E-state index in [9.17, 15) is 9.59 Å². The molecule has 0 bridgehead atoms. The van der Waals surface area contributed by atoms with E-state index < -0.39 is 0 Å². The smallest absolute Gasteiger partial charge is 0.311 e. The monoisotopic (exact) mass is 470 g/mol. The lowest BCUT2D eigenvalue weighted by Gasteiger charge is -2.07. The summed E-state index contributed by atoms with van der Waals surface area (Å²) in [6, 6.07) is 6.79. The molecule has 34 heavy (non-hydrogen) atoms. The summed E-state index contributed by atoms with van der Waals surface area (Å²) in [4.78, 5) is 24.1. The highest BCUT2D eigenvalue weighted by Crippen LogP contribution is 2.34. The van der Waals surface area contributed by atoms with Crippen molar-refractivity contribution in [2.75, 3.05) is 0 Å². The molecule has 2 aliphatic carbocycles. The van der Waals surface area contributed by atoms with Gasteiger partial charge in [-0.1, -0.05) is 103 Å². The van der Waals surface area contributed by atoms with Gasteiger partial charge in [0.15, 0.2) is 0 Å². The highest BCUT2D eigenvalue weighted by atomic mass is 16.5. The fourth-order valence-electron chi connectivity index (χ4n) is 4.57. The van der Waals surface area contributed by atoms with Crippen LogP contribution in [0, 0.1) is 11.8 Å². The Hall–Kier alpha value is -1.84. The molecule has 1 aromatic carbocycles. The standard InChI is InChI=1S/C30H46O4/c31-29(15-11-7-3-1-5-9-13-25-17-18-25)33-27-21-23-28(24-22-27)34-30(32)16-12-8-4-2-6-10-14-26-19-20-26/h21-26H,1-20H2. The normalized spacial score (nSPS) is 15.3. The van der Waals surface area contributed by atoms with Crippen molar-refractivity contribution in [3.05, 3.63) is 24.3 Å². The van der Waals surface area contributed by atoms with Gasteiger partial charge in [0.25, 0.3) is 0 Å². The van der Waals surface area contributed by atoms with Gasteiger partial charge in [-0.2, -0.15) is 0 Å². The second-order valence-corrected chi connectivity index (χ2v) is 10.6. The third-order valence-electron chi connectivity index (χ3n) is 7.17. The van der Waals surface area contributed by atoms with E-state index in [1.165, 1.54) is 89.9 Å². The molecule has 0 amide bonds. The van der Waals surface area contributed by atoms with Crippen molar-refractivity contribution in [2.45, 2.75) is 128 Å². The number of ether oxygens (including phenoxy) is 2. The van der Waals surface area contributed by atoms with Crippen LogP contribution in [0.4, 0.5) is 0 Å². The van der Waals surface area contributed by atoms with E-state index in [4.69, 9.17) is 9.47 Å². The van der Waals surface area contributed by atoms with Gasteiger partial charge in [0.2, 0.25) is 0 Å². The second kappa shape index (κ2) is 15.9. The summed E-state index contributed by atoms with van der Waals surface area (Å²) in [6.07, 6.45) is 23.9. The summed E-state index contributed by atoms with van der Waals surface area (Å²) >= 11 is 0. The molecule has 0 atom stereocenters. The van der Waals surface area contributed by atoms with Gasteiger partial charge in [-0.3, -0.25) is 9.59 Å². The van der Waals surface area contributed by atoms with Crippen LogP contribution < -0.4 is 9.47 Å². The van der Waals surface area contributed by atoms with Gasteiger partial charge in [-0.25, -0.2) is 0 Å². The molecule has 190 valence electrons. The van der Waals surface area contributed by atoms with E-state index >= 15 is 0 Å². The first-order chi connectivity index (χ1) is 16.7. The molecule has 0 unspecified atom stereocenters. The third kappa shape index (κ3) is 13.2. The number of carbonyl (C=O) groups excluding carboxylic acids is 2. The van der Waals surface area contributed by atoms with Crippen LogP contribution in [0.1, 0.15) is 128 Å². The molecule has 0 saturated heterocycles. The molecule has 4 nitrogen and oxygen atoms in total. The van der Waals surface area contributed by atoms with E-state index in [0.717, 1.165) is 37.5 Å². The van der Waals surface area contributed by atoms with Crippen molar-refractivity contribution in [1.29, 1.82) is 0 Å². The van der Waals surface area contributed by atoms with Crippen LogP contribution in [-0.2, 0) is 9.59 Å². The lowest BCUT2D eigenvalue weighted by Crippen LogP contribution is -2.09. The molecule has 0 spiro atoms. The molecule has 1 aromatic rings. The number of carbonyl (C=O) groups is 2. The van der Waals surface area contributed by atoms with E-state index in [2.05, 4.69) is 0 Å². The lowest BCUT2D eigenvalue weighted by molar-refractivity contribution is -0.135. The van der Waals surface area contributed by atoms with Crippen LogP contribution in [0.15, 0.2) is 24.3 Å². The van der Waals surface area contributed by atoms with Gasteiger partial charge in [0, 0.05) is 12.8 Å². The van der Waals surface area contributed by atoms with Crippen molar-refractivity contribution in [3.63, 3.8) is 0 Å². The number of rotatable bonds is 20. The minimum absolute atomic E-state index is 0.189. The summed E-state index contributed by atoms with van der Waals surface area (Å²) in [7, 11) is 0. The summed E-state index contributed by atoms with van der Waals surface area (Å²) in [5.41, 5.74) is 0. The van der Waals surface area contributed by atoms with Gasteiger partial charge < -0.3 is 9.47 Å². The minimum atomic E-state index is -0.189. The lowest BCUT2D eigenvalue weighted by atomic mass is 10.1. The Morgan fingerprint density at radius 3 is 1.21 bits per heavy atom. The van der Waals surface area contributed by atoms with Crippen LogP contribution >= 0.6 is 0 Å².